The Hall–Kier alpha value is -4.00. The molecule has 0 bridgehead atoms. The second-order valence-electron chi connectivity index (χ2n) is 6.34. The fourth-order valence-electron chi connectivity index (χ4n) is 3.04. The fourth-order valence-corrected chi connectivity index (χ4v) is 3.04. The maximum absolute atomic E-state index is 12.3. The van der Waals surface area contributed by atoms with Gasteiger partial charge in [0.2, 0.25) is 5.95 Å². The van der Waals surface area contributed by atoms with Crippen molar-refractivity contribution < 1.29 is 9.53 Å². The summed E-state index contributed by atoms with van der Waals surface area (Å²) in [6.45, 7) is 1.93. The van der Waals surface area contributed by atoms with Gasteiger partial charge in [-0.05, 0) is 48.9 Å². The first-order valence-corrected chi connectivity index (χ1v) is 9.04. The van der Waals surface area contributed by atoms with Crippen molar-refractivity contribution in [2.24, 2.45) is 0 Å². The number of methoxy groups -OCH3 is 1. The van der Waals surface area contributed by atoms with Crippen LogP contribution in [-0.4, -0.2) is 32.4 Å². The van der Waals surface area contributed by atoms with Crippen molar-refractivity contribution >= 4 is 23.6 Å². The molecule has 0 atom stereocenters. The number of carbonyl (C=O) groups is 1. The SMILES string of the molecule is COc1cccc(/C=C/C(=O)Nc2nccc(-c3c(C)nc4ccccn34)n2)c1. The van der Waals surface area contributed by atoms with Crippen molar-refractivity contribution in [3.63, 3.8) is 0 Å². The summed E-state index contributed by atoms with van der Waals surface area (Å²) < 4.78 is 7.15. The standard InChI is InChI=1S/C22H19N5O2/c1-15-21(27-13-4-3-8-19(27)24-15)18-11-12-23-22(25-18)26-20(28)10-9-16-6-5-7-17(14-16)29-2/h3-14H,1-2H3,(H,23,25,26,28)/b10-9+. The van der Waals surface area contributed by atoms with Gasteiger partial charge in [-0.3, -0.25) is 14.5 Å². The van der Waals surface area contributed by atoms with Crippen molar-refractivity contribution in [3.8, 4) is 17.1 Å². The van der Waals surface area contributed by atoms with Gasteiger partial charge in [0.15, 0.2) is 0 Å². The number of aromatic nitrogens is 4. The highest BCUT2D eigenvalue weighted by Crippen LogP contribution is 2.23. The van der Waals surface area contributed by atoms with E-state index in [4.69, 9.17) is 4.74 Å². The fraction of sp³-hybridized carbons (Fsp3) is 0.0909. The van der Waals surface area contributed by atoms with Crippen LogP contribution in [-0.2, 0) is 4.79 Å². The van der Waals surface area contributed by atoms with Gasteiger partial charge in [0.05, 0.1) is 24.2 Å². The molecule has 7 heteroatoms. The number of hydrogen-bond donors (Lipinski definition) is 1. The summed E-state index contributed by atoms with van der Waals surface area (Å²) >= 11 is 0. The molecule has 4 rings (SSSR count). The molecule has 29 heavy (non-hydrogen) atoms. The Balaban J connectivity index is 1.55. The summed E-state index contributed by atoms with van der Waals surface area (Å²) in [5.41, 5.74) is 4.10. The quantitative estimate of drug-likeness (QED) is 0.529. The van der Waals surface area contributed by atoms with Crippen molar-refractivity contribution in [1.29, 1.82) is 0 Å². The first kappa shape index (κ1) is 18.4. The van der Waals surface area contributed by atoms with E-state index in [0.717, 1.165) is 28.3 Å². The first-order valence-electron chi connectivity index (χ1n) is 9.04. The Morgan fingerprint density at radius 1 is 1.14 bits per heavy atom. The van der Waals surface area contributed by atoms with E-state index in [0.29, 0.717) is 5.69 Å². The van der Waals surface area contributed by atoms with Gasteiger partial charge >= 0.3 is 0 Å². The highest BCUT2D eigenvalue weighted by Gasteiger charge is 2.13. The third-order valence-electron chi connectivity index (χ3n) is 4.36. The van der Waals surface area contributed by atoms with Gasteiger partial charge in [-0.2, -0.15) is 0 Å². The summed E-state index contributed by atoms with van der Waals surface area (Å²) in [6, 6.07) is 15.0. The molecule has 0 spiro atoms. The maximum Gasteiger partial charge on any atom is 0.250 e. The average molecular weight is 385 g/mol. The third kappa shape index (κ3) is 3.98. The summed E-state index contributed by atoms with van der Waals surface area (Å²) in [6.07, 6.45) is 6.69. The zero-order valence-electron chi connectivity index (χ0n) is 16.0. The minimum Gasteiger partial charge on any atom is -0.497 e. The molecular weight excluding hydrogens is 366 g/mol. The lowest BCUT2D eigenvalue weighted by Crippen LogP contribution is -2.11. The van der Waals surface area contributed by atoms with Crippen LogP contribution in [0.5, 0.6) is 5.75 Å². The molecule has 0 saturated heterocycles. The number of anilines is 1. The van der Waals surface area contributed by atoms with Crippen LogP contribution in [0.25, 0.3) is 23.1 Å². The van der Waals surface area contributed by atoms with Crippen molar-refractivity contribution in [2.75, 3.05) is 12.4 Å². The molecule has 0 aliphatic rings. The van der Waals surface area contributed by atoms with Crippen molar-refractivity contribution in [2.45, 2.75) is 6.92 Å². The van der Waals surface area contributed by atoms with Gasteiger partial charge in [0, 0.05) is 18.5 Å². The number of pyridine rings is 1. The predicted molar refractivity (Wildman–Crippen MR) is 112 cm³/mol. The van der Waals surface area contributed by atoms with Crippen LogP contribution in [0.3, 0.4) is 0 Å². The number of nitrogens with one attached hydrogen (secondary N) is 1. The normalized spacial score (nSPS) is 11.1. The summed E-state index contributed by atoms with van der Waals surface area (Å²) in [5.74, 6) is 0.639. The van der Waals surface area contributed by atoms with Gasteiger partial charge < -0.3 is 4.74 Å². The first-order chi connectivity index (χ1) is 14.1. The van der Waals surface area contributed by atoms with Gasteiger partial charge in [-0.15, -0.1) is 0 Å². The van der Waals surface area contributed by atoms with Crippen LogP contribution < -0.4 is 10.1 Å². The predicted octanol–water partition coefficient (Wildman–Crippen LogP) is 3.76. The van der Waals surface area contributed by atoms with Gasteiger partial charge in [0.1, 0.15) is 11.4 Å². The Kier molecular flexibility index (Phi) is 5.03. The third-order valence-corrected chi connectivity index (χ3v) is 4.36. The number of carbonyl (C=O) groups excluding carboxylic acids is 1. The van der Waals surface area contributed by atoms with E-state index in [9.17, 15) is 4.79 Å². The lowest BCUT2D eigenvalue weighted by atomic mass is 10.2. The van der Waals surface area contributed by atoms with E-state index in [2.05, 4.69) is 20.3 Å². The number of rotatable bonds is 5. The van der Waals surface area contributed by atoms with Gasteiger partial charge in [0.25, 0.3) is 5.91 Å². The lowest BCUT2D eigenvalue weighted by molar-refractivity contribution is -0.111. The molecule has 3 aromatic heterocycles. The Bertz CT molecular complexity index is 1210. The molecular formula is C22H19N5O2. The Morgan fingerprint density at radius 2 is 2.03 bits per heavy atom. The molecule has 1 aromatic carbocycles. The second-order valence-corrected chi connectivity index (χ2v) is 6.34. The Labute approximate surface area is 167 Å². The summed E-state index contributed by atoms with van der Waals surface area (Å²) in [7, 11) is 1.60. The van der Waals surface area contributed by atoms with Gasteiger partial charge in [-0.25, -0.2) is 15.0 Å². The molecule has 3 heterocycles. The van der Waals surface area contributed by atoms with Crippen LogP contribution in [0.15, 0.2) is 67.0 Å². The van der Waals surface area contributed by atoms with Crippen LogP contribution in [0.1, 0.15) is 11.3 Å². The molecule has 0 saturated carbocycles. The zero-order chi connectivity index (χ0) is 20.2. The number of ether oxygens (including phenoxy) is 1. The van der Waals surface area contributed by atoms with E-state index >= 15 is 0 Å². The van der Waals surface area contributed by atoms with Crippen LogP contribution in [0, 0.1) is 6.92 Å². The topological polar surface area (TPSA) is 81.4 Å². The molecule has 1 amide bonds. The zero-order valence-corrected chi connectivity index (χ0v) is 16.0. The minimum atomic E-state index is -0.320. The maximum atomic E-state index is 12.3. The number of amides is 1. The molecule has 1 N–H and O–H groups in total. The summed E-state index contributed by atoms with van der Waals surface area (Å²) in [4.78, 5) is 25.5. The highest BCUT2D eigenvalue weighted by molar-refractivity contribution is 6.01. The molecule has 4 aromatic rings. The minimum absolute atomic E-state index is 0.230. The van der Waals surface area contributed by atoms with E-state index in [1.807, 2.05) is 60.0 Å². The number of fused-ring (bicyclic) bond motifs is 1. The van der Waals surface area contributed by atoms with Crippen molar-refractivity contribution in [3.05, 3.63) is 78.3 Å². The lowest BCUT2D eigenvalue weighted by Gasteiger charge is -2.05. The number of hydrogen-bond acceptors (Lipinski definition) is 5. The van der Waals surface area contributed by atoms with E-state index in [1.165, 1.54) is 6.08 Å². The van der Waals surface area contributed by atoms with E-state index in [1.54, 1.807) is 25.4 Å². The van der Waals surface area contributed by atoms with Crippen LogP contribution in [0.2, 0.25) is 0 Å². The number of aryl methyl sites for hydroxylation is 1. The number of benzene rings is 1. The van der Waals surface area contributed by atoms with Crippen LogP contribution in [0.4, 0.5) is 5.95 Å². The van der Waals surface area contributed by atoms with Crippen LogP contribution >= 0.6 is 0 Å². The molecule has 0 aliphatic carbocycles. The molecule has 0 unspecified atom stereocenters. The number of nitrogens with zero attached hydrogens (tertiary/aromatic N) is 4. The van der Waals surface area contributed by atoms with Crippen molar-refractivity contribution in [1.82, 2.24) is 19.4 Å². The average Bonchev–Trinajstić information content (AvgIpc) is 3.08. The largest absolute Gasteiger partial charge is 0.497 e. The molecule has 7 nitrogen and oxygen atoms in total. The molecule has 144 valence electrons. The molecule has 0 aliphatic heterocycles. The number of imidazole rings is 1. The van der Waals surface area contributed by atoms with E-state index < -0.39 is 0 Å². The van der Waals surface area contributed by atoms with Gasteiger partial charge in [-0.1, -0.05) is 18.2 Å². The highest BCUT2D eigenvalue weighted by atomic mass is 16.5. The smallest absolute Gasteiger partial charge is 0.250 e. The summed E-state index contributed by atoms with van der Waals surface area (Å²) in [5, 5.41) is 2.70. The van der Waals surface area contributed by atoms with E-state index in [-0.39, 0.29) is 11.9 Å². The molecule has 0 radical (unpaired) electrons. The Morgan fingerprint density at radius 3 is 2.90 bits per heavy atom. The second kappa shape index (κ2) is 7.93. The monoisotopic (exact) mass is 385 g/mol. The molecule has 0 fully saturated rings.